The third kappa shape index (κ3) is 3.71. The molecule has 1 aliphatic heterocycles. The maximum absolute atomic E-state index is 11.3. The molecular formula is C13H15ClN2O. The molecule has 1 amide bonds. The summed E-state index contributed by atoms with van der Waals surface area (Å²) in [6, 6.07) is 0. The number of rotatable bonds is 4. The van der Waals surface area contributed by atoms with Crippen molar-refractivity contribution in [2.24, 2.45) is 4.99 Å². The molecule has 90 valence electrons. The third-order valence-electron chi connectivity index (χ3n) is 2.29. The van der Waals surface area contributed by atoms with Gasteiger partial charge in [-0.3, -0.25) is 9.79 Å². The Labute approximate surface area is 106 Å². The van der Waals surface area contributed by atoms with E-state index >= 15 is 0 Å². The van der Waals surface area contributed by atoms with Gasteiger partial charge in [0.25, 0.3) is 5.91 Å². The lowest BCUT2D eigenvalue weighted by Crippen LogP contribution is -2.36. The van der Waals surface area contributed by atoms with Gasteiger partial charge in [0.1, 0.15) is 5.71 Å². The van der Waals surface area contributed by atoms with Crippen LogP contribution in [0.2, 0.25) is 0 Å². The van der Waals surface area contributed by atoms with Gasteiger partial charge in [-0.25, -0.2) is 0 Å². The Bertz CT molecular complexity index is 444. The summed E-state index contributed by atoms with van der Waals surface area (Å²) in [6.45, 7) is 9.59. The molecule has 0 fully saturated rings. The van der Waals surface area contributed by atoms with E-state index < -0.39 is 0 Å². The Morgan fingerprint density at radius 1 is 1.65 bits per heavy atom. The molecule has 3 nitrogen and oxygen atoms in total. The molecule has 0 aromatic heterocycles. The van der Waals surface area contributed by atoms with E-state index in [4.69, 9.17) is 11.6 Å². The number of carbonyl (C=O) groups is 1. The number of hydrogen-bond donors (Lipinski definition) is 1. The largest absolute Gasteiger partial charge is 0.345 e. The highest BCUT2D eigenvalue weighted by Gasteiger charge is 2.14. The summed E-state index contributed by atoms with van der Waals surface area (Å²) < 4.78 is 0. The van der Waals surface area contributed by atoms with Gasteiger partial charge in [0, 0.05) is 5.03 Å². The van der Waals surface area contributed by atoms with Crippen LogP contribution in [-0.2, 0) is 4.79 Å². The van der Waals surface area contributed by atoms with Crippen LogP contribution in [0.25, 0.3) is 0 Å². The van der Waals surface area contributed by atoms with Crippen molar-refractivity contribution in [3.05, 3.63) is 47.7 Å². The molecule has 1 aliphatic rings. The van der Waals surface area contributed by atoms with Crippen LogP contribution in [0.4, 0.5) is 0 Å². The van der Waals surface area contributed by atoms with E-state index in [0.29, 0.717) is 23.7 Å². The molecule has 4 heteroatoms. The van der Waals surface area contributed by atoms with Crippen molar-refractivity contribution in [1.29, 1.82) is 0 Å². The molecule has 1 heterocycles. The van der Waals surface area contributed by atoms with Crippen LogP contribution < -0.4 is 5.32 Å². The Balaban J connectivity index is 2.94. The quantitative estimate of drug-likeness (QED) is 0.766. The van der Waals surface area contributed by atoms with Gasteiger partial charge in [0.05, 0.1) is 12.2 Å². The van der Waals surface area contributed by atoms with Crippen LogP contribution in [-0.4, -0.2) is 18.2 Å². The first-order valence-electron chi connectivity index (χ1n) is 5.32. The van der Waals surface area contributed by atoms with E-state index in [2.05, 4.69) is 23.5 Å². The Morgan fingerprint density at radius 2 is 2.35 bits per heavy atom. The van der Waals surface area contributed by atoms with Gasteiger partial charge in [-0.05, 0) is 18.1 Å². The topological polar surface area (TPSA) is 41.5 Å². The number of aliphatic imine (C=N–C) groups is 1. The zero-order chi connectivity index (χ0) is 12.8. The molecule has 0 aliphatic carbocycles. The first-order chi connectivity index (χ1) is 8.08. The molecule has 0 aromatic carbocycles. The van der Waals surface area contributed by atoms with Crippen LogP contribution in [0.3, 0.4) is 0 Å². The molecule has 17 heavy (non-hydrogen) atoms. The molecule has 0 saturated heterocycles. The average molecular weight is 251 g/mol. The van der Waals surface area contributed by atoms with E-state index in [1.165, 1.54) is 0 Å². The normalized spacial score (nSPS) is 18.7. The van der Waals surface area contributed by atoms with Crippen LogP contribution in [0.15, 0.2) is 52.7 Å². The summed E-state index contributed by atoms with van der Waals surface area (Å²) in [5.41, 5.74) is 2.07. The highest BCUT2D eigenvalue weighted by molar-refractivity contribution is 6.39. The van der Waals surface area contributed by atoms with E-state index in [1.54, 1.807) is 18.2 Å². The molecule has 0 radical (unpaired) electrons. The smallest absolute Gasteiger partial charge is 0.265 e. The van der Waals surface area contributed by atoms with Crippen molar-refractivity contribution in [3.63, 3.8) is 0 Å². The maximum atomic E-state index is 11.3. The van der Waals surface area contributed by atoms with E-state index in [9.17, 15) is 4.79 Å². The number of halogens is 1. The van der Waals surface area contributed by atoms with Crippen LogP contribution in [0, 0.1) is 0 Å². The molecular weight excluding hydrogens is 236 g/mol. The number of carbonyl (C=O) groups excluding carboxylic acids is 1. The summed E-state index contributed by atoms with van der Waals surface area (Å²) in [5.74, 6) is -0.0978. The van der Waals surface area contributed by atoms with Crippen molar-refractivity contribution in [1.82, 2.24) is 5.32 Å². The minimum atomic E-state index is -0.0978. The molecule has 0 aromatic rings. The fourth-order valence-corrected chi connectivity index (χ4v) is 1.47. The summed E-state index contributed by atoms with van der Waals surface area (Å²) in [5, 5.41) is 3.18. The maximum Gasteiger partial charge on any atom is 0.265 e. The highest BCUT2D eigenvalue weighted by atomic mass is 35.5. The summed E-state index contributed by atoms with van der Waals surface area (Å²) >= 11 is 5.77. The lowest BCUT2D eigenvalue weighted by molar-refractivity contribution is -0.115. The second-order valence-corrected chi connectivity index (χ2v) is 3.94. The van der Waals surface area contributed by atoms with E-state index in [-0.39, 0.29) is 5.91 Å². The fraction of sp³-hybridized carbons (Fsp3) is 0.231. The minimum absolute atomic E-state index is 0.0978. The minimum Gasteiger partial charge on any atom is -0.345 e. The average Bonchev–Trinajstić information content (AvgIpc) is 2.31. The van der Waals surface area contributed by atoms with Crippen molar-refractivity contribution in [3.8, 4) is 0 Å². The molecule has 0 spiro atoms. The Morgan fingerprint density at radius 3 is 2.88 bits per heavy atom. The first kappa shape index (κ1) is 13.5. The summed E-state index contributed by atoms with van der Waals surface area (Å²) in [7, 11) is 0. The zero-order valence-corrected chi connectivity index (χ0v) is 10.5. The SMILES string of the molecule is C=C/C(=C/C=C1\CNC(=O)C(CC)=N1)C(=C)Cl. The molecule has 1 N–H and O–H groups in total. The Hall–Kier alpha value is -1.61. The highest BCUT2D eigenvalue weighted by Crippen LogP contribution is 2.14. The van der Waals surface area contributed by atoms with Gasteiger partial charge in [-0.2, -0.15) is 0 Å². The predicted octanol–water partition coefficient (Wildman–Crippen LogP) is 2.72. The molecule has 0 unspecified atom stereocenters. The monoisotopic (exact) mass is 250 g/mol. The van der Waals surface area contributed by atoms with Gasteiger partial charge >= 0.3 is 0 Å². The number of nitrogens with one attached hydrogen (secondary N) is 1. The molecule has 0 atom stereocenters. The van der Waals surface area contributed by atoms with Crippen LogP contribution in [0.1, 0.15) is 13.3 Å². The molecule has 1 rings (SSSR count). The van der Waals surface area contributed by atoms with Crippen LogP contribution in [0.5, 0.6) is 0 Å². The second kappa shape index (κ2) is 6.21. The van der Waals surface area contributed by atoms with Crippen molar-refractivity contribution < 1.29 is 4.79 Å². The number of amides is 1. The first-order valence-corrected chi connectivity index (χ1v) is 5.70. The standard InChI is InChI=1S/C13H15ClN2O/c1-4-10(9(3)14)6-7-11-8-15-13(17)12(5-2)16-11/h4,6-7H,1,3,5,8H2,2H3,(H,15,17)/b10-6-,11-7+. The predicted molar refractivity (Wildman–Crippen MR) is 72.1 cm³/mol. The van der Waals surface area contributed by atoms with E-state index in [1.807, 2.05) is 6.92 Å². The number of hydrogen-bond acceptors (Lipinski definition) is 2. The van der Waals surface area contributed by atoms with Crippen molar-refractivity contribution in [2.45, 2.75) is 13.3 Å². The third-order valence-corrected chi connectivity index (χ3v) is 2.51. The number of allylic oxidation sites excluding steroid dienone is 5. The van der Waals surface area contributed by atoms with E-state index in [0.717, 1.165) is 11.3 Å². The summed E-state index contributed by atoms with van der Waals surface area (Å²) in [6.07, 6.45) is 5.83. The lowest BCUT2D eigenvalue weighted by atomic mass is 10.2. The molecule has 0 bridgehead atoms. The Kier molecular flexibility index (Phi) is 4.91. The van der Waals surface area contributed by atoms with Crippen LogP contribution >= 0.6 is 11.6 Å². The zero-order valence-electron chi connectivity index (χ0n) is 9.79. The van der Waals surface area contributed by atoms with Gasteiger partial charge in [-0.1, -0.05) is 43.8 Å². The van der Waals surface area contributed by atoms with Gasteiger partial charge in [0.2, 0.25) is 0 Å². The fourth-order valence-electron chi connectivity index (χ4n) is 1.33. The summed E-state index contributed by atoms with van der Waals surface area (Å²) in [4.78, 5) is 15.6. The van der Waals surface area contributed by atoms with Gasteiger partial charge in [-0.15, -0.1) is 0 Å². The van der Waals surface area contributed by atoms with Gasteiger partial charge < -0.3 is 5.32 Å². The molecule has 0 saturated carbocycles. The number of nitrogens with zero attached hydrogens (tertiary/aromatic N) is 1. The second-order valence-electron chi connectivity index (χ2n) is 3.48. The van der Waals surface area contributed by atoms with Crippen molar-refractivity contribution >= 4 is 23.2 Å². The van der Waals surface area contributed by atoms with Crippen molar-refractivity contribution in [2.75, 3.05) is 6.54 Å². The van der Waals surface area contributed by atoms with Gasteiger partial charge in [0.15, 0.2) is 0 Å². The lowest BCUT2D eigenvalue weighted by Gasteiger charge is -2.13.